The lowest BCUT2D eigenvalue weighted by Crippen LogP contribution is -2.36. The topological polar surface area (TPSA) is 20.3 Å². The second-order valence-electron chi connectivity index (χ2n) is 6.40. The van der Waals surface area contributed by atoms with Gasteiger partial charge in [-0.3, -0.25) is 4.79 Å². The molecule has 1 aliphatic carbocycles. The molecule has 0 bridgehead atoms. The summed E-state index contributed by atoms with van der Waals surface area (Å²) in [6, 6.07) is 0.557. The molecular formula is C14H27NOS. The Bertz CT molecular complexity index is 253. The Morgan fingerprint density at radius 2 is 1.94 bits per heavy atom. The van der Waals surface area contributed by atoms with E-state index in [1.54, 1.807) is 11.8 Å². The van der Waals surface area contributed by atoms with Gasteiger partial charge >= 0.3 is 0 Å². The van der Waals surface area contributed by atoms with Crippen LogP contribution in [0.15, 0.2) is 0 Å². The molecule has 0 spiro atoms. The van der Waals surface area contributed by atoms with Crippen molar-refractivity contribution in [3.8, 4) is 0 Å². The number of carbonyl (C=O) groups is 1. The summed E-state index contributed by atoms with van der Waals surface area (Å²) >= 11 is 1.76. The van der Waals surface area contributed by atoms with Gasteiger partial charge in [-0.25, -0.2) is 0 Å². The van der Waals surface area contributed by atoms with Gasteiger partial charge in [-0.2, -0.15) is 0 Å². The number of hydrogen-bond acceptors (Lipinski definition) is 2. The highest BCUT2D eigenvalue weighted by Crippen LogP contribution is 2.30. The molecule has 1 amide bonds. The van der Waals surface area contributed by atoms with E-state index < -0.39 is 0 Å². The van der Waals surface area contributed by atoms with Gasteiger partial charge in [0, 0.05) is 17.3 Å². The lowest BCUT2D eigenvalue weighted by Gasteiger charge is -2.25. The fourth-order valence-corrected chi connectivity index (χ4v) is 2.38. The molecule has 2 nitrogen and oxygen atoms in total. The van der Waals surface area contributed by atoms with Crippen LogP contribution in [0.25, 0.3) is 0 Å². The molecule has 1 aliphatic rings. The predicted molar refractivity (Wildman–Crippen MR) is 76.4 cm³/mol. The summed E-state index contributed by atoms with van der Waals surface area (Å²) < 4.78 is 0.183. The van der Waals surface area contributed by atoms with Crippen LogP contribution in [0.2, 0.25) is 0 Å². The first kappa shape index (κ1) is 14.9. The maximum Gasteiger partial charge on any atom is 0.232 e. The molecule has 1 fully saturated rings. The molecular weight excluding hydrogens is 230 g/mol. The maximum atomic E-state index is 12.2. The van der Waals surface area contributed by atoms with E-state index in [4.69, 9.17) is 0 Å². The van der Waals surface area contributed by atoms with Crippen molar-refractivity contribution < 1.29 is 4.79 Å². The van der Waals surface area contributed by atoms with E-state index in [1.807, 2.05) is 0 Å². The summed E-state index contributed by atoms with van der Waals surface area (Å²) in [5.74, 6) is 1.66. The molecule has 100 valence electrons. The number of rotatable bonds is 6. The molecule has 0 N–H and O–H groups in total. The zero-order chi connectivity index (χ0) is 13.1. The lowest BCUT2D eigenvalue weighted by molar-refractivity contribution is -0.129. The third kappa shape index (κ3) is 6.35. The standard InChI is InChI=1S/C14H27NOS/c1-11(2)8-9-15(12-6-7-12)13(16)10-17-14(3,4)5/h11-12H,6-10H2,1-5H3. The number of carbonyl (C=O) groups excluding carboxylic acids is 1. The zero-order valence-corrected chi connectivity index (χ0v) is 12.8. The third-order valence-electron chi connectivity index (χ3n) is 2.88. The van der Waals surface area contributed by atoms with Crippen molar-refractivity contribution in [1.29, 1.82) is 0 Å². The van der Waals surface area contributed by atoms with Crippen molar-refractivity contribution in [3.05, 3.63) is 0 Å². The van der Waals surface area contributed by atoms with Crippen molar-refractivity contribution in [2.45, 2.75) is 64.7 Å². The smallest absolute Gasteiger partial charge is 0.232 e. The molecule has 17 heavy (non-hydrogen) atoms. The van der Waals surface area contributed by atoms with E-state index >= 15 is 0 Å². The Hall–Kier alpha value is -0.180. The molecule has 0 saturated heterocycles. The van der Waals surface area contributed by atoms with Crippen LogP contribution in [-0.4, -0.2) is 33.9 Å². The van der Waals surface area contributed by atoms with Gasteiger partial charge in [-0.15, -0.1) is 11.8 Å². The van der Waals surface area contributed by atoms with Crippen molar-refractivity contribution in [2.75, 3.05) is 12.3 Å². The summed E-state index contributed by atoms with van der Waals surface area (Å²) in [6.45, 7) is 11.9. The first-order chi connectivity index (χ1) is 7.79. The average Bonchev–Trinajstić information content (AvgIpc) is 2.97. The van der Waals surface area contributed by atoms with E-state index in [-0.39, 0.29) is 4.75 Å². The fourth-order valence-electron chi connectivity index (χ4n) is 1.66. The van der Waals surface area contributed by atoms with Crippen LogP contribution in [0.4, 0.5) is 0 Å². The Kier molecular flexibility index (Phi) is 5.36. The highest BCUT2D eigenvalue weighted by atomic mass is 32.2. The van der Waals surface area contributed by atoms with Gasteiger partial charge in [0.1, 0.15) is 0 Å². The molecule has 0 radical (unpaired) electrons. The molecule has 0 aromatic heterocycles. The molecule has 0 aliphatic heterocycles. The number of hydrogen-bond donors (Lipinski definition) is 0. The van der Waals surface area contributed by atoms with Crippen LogP contribution in [0.1, 0.15) is 53.9 Å². The first-order valence-electron chi connectivity index (χ1n) is 6.73. The Morgan fingerprint density at radius 3 is 2.35 bits per heavy atom. The van der Waals surface area contributed by atoms with E-state index in [9.17, 15) is 4.79 Å². The lowest BCUT2D eigenvalue weighted by atomic mass is 10.1. The van der Waals surface area contributed by atoms with E-state index in [1.165, 1.54) is 12.8 Å². The fraction of sp³-hybridized carbons (Fsp3) is 0.929. The van der Waals surface area contributed by atoms with Gasteiger partial charge in [-0.05, 0) is 25.2 Å². The Labute approximate surface area is 111 Å². The zero-order valence-electron chi connectivity index (χ0n) is 12.0. The van der Waals surface area contributed by atoms with Gasteiger partial charge in [-0.1, -0.05) is 34.6 Å². The molecule has 0 aromatic rings. The molecule has 3 heteroatoms. The van der Waals surface area contributed by atoms with Crippen molar-refractivity contribution in [2.24, 2.45) is 5.92 Å². The minimum Gasteiger partial charge on any atom is -0.339 e. The van der Waals surface area contributed by atoms with Gasteiger partial charge in [0.25, 0.3) is 0 Å². The highest BCUT2D eigenvalue weighted by Gasteiger charge is 2.32. The van der Waals surface area contributed by atoms with Gasteiger partial charge in [0.15, 0.2) is 0 Å². The van der Waals surface area contributed by atoms with Crippen LogP contribution in [-0.2, 0) is 4.79 Å². The Morgan fingerprint density at radius 1 is 1.35 bits per heavy atom. The van der Waals surface area contributed by atoms with Gasteiger partial charge in [0.2, 0.25) is 5.91 Å². The van der Waals surface area contributed by atoms with Crippen molar-refractivity contribution in [3.63, 3.8) is 0 Å². The second-order valence-corrected chi connectivity index (χ2v) is 8.20. The highest BCUT2D eigenvalue weighted by molar-refractivity contribution is 8.01. The minimum atomic E-state index is 0.183. The van der Waals surface area contributed by atoms with E-state index in [2.05, 4.69) is 39.5 Å². The molecule has 1 rings (SSSR count). The van der Waals surface area contributed by atoms with Crippen LogP contribution in [0.5, 0.6) is 0 Å². The summed E-state index contributed by atoms with van der Waals surface area (Å²) in [4.78, 5) is 14.3. The number of amides is 1. The summed E-state index contributed by atoms with van der Waals surface area (Å²) in [5.41, 5.74) is 0. The summed E-state index contributed by atoms with van der Waals surface area (Å²) in [5, 5.41) is 0. The van der Waals surface area contributed by atoms with Gasteiger partial charge in [0.05, 0.1) is 5.75 Å². The number of thioether (sulfide) groups is 1. The van der Waals surface area contributed by atoms with E-state index in [0.29, 0.717) is 23.6 Å². The van der Waals surface area contributed by atoms with Crippen LogP contribution in [0.3, 0.4) is 0 Å². The van der Waals surface area contributed by atoms with Crippen molar-refractivity contribution >= 4 is 17.7 Å². The molecule has 0 heterocycles. The number of nitrogens with zero attached hydrogens (tertiary/aromatic N) is 1. The van der Waals surface area contributed by atoms with Crippen molar-refractivity contribution in [1.82, 2.24) is 4.90 Å². The first-order valence-corrected chi connectivity index (χ1v) is 7.71. The monoisotopic (exact) mass is 257 g/mol. The molecule has 0 aromatic carbocycles. The SMILES string of the molecule is CC(C)CCN(C(=O)CSC(C)(C)C)C1CC1. The van der Waals surface area contributed by atoms with Crippen LogP contribution >= 0.6 is 11.8 Å². The Balaban J connectivity index is 2.38. The molecule has 1 saturated carbocycles. The predicted octanol–water partition coefficient (Wildman–Crippen LogP) is 3.56. The van der Waals surface area contributed by atoms with Gasteiger partial charge < -0.3 is 4.90 Å². The largest absolute Gasteiger partial charge is 0.339 e. The summed E-state index contributed by atoms with van der Waals surface area (Å²) in [7, 11) is 0. The molecule has 0 atom stereocenters. The average molecular weight is 257 g/mol. The minimum absolute atomic E-state index is 0.183. The normalized spacial score (nSPS) is 16.4. The second kappa shape index (κ2) is 6.12. The maximum absolute atomic E-state index is 12.2. The van der Waals surface area contributed by atoms with E-state index in [0.717, 1.165) is 13.0 Å². The quantitative estimate of drug-likeness (QED) is 0.725. The van der Waals surface area contributed by atoms with Crippen LogP contribution < -0.4 is 0 Å². The summed E-state index contributed by atoms with van der Waals surface area (Å²) in [6.07, 6.45) is 3.55. The molecule has 0 unspecified atom stereocenters. The van der Waals surface area contributed by atoms with Crippen LogP contribution in [0, 0.1) is 5.92 Å². The third-order valence-corrected chi connectivity index (χ3v) is 4.14.